The molecule has 0 aliphatic rings. The van der Waals surface area contributed by atoms with Crippen molar-refractivity contribution in [3.05, 3.63) is 47.8 Å². The summed E-state index contributed by atoms with van der Waals surface area (Å²) in [5, 5.41) is 0. The van der Waals surface area contributed by atoms with Crippen LogP contribution in [0.15, 0.2) is 30.3 Å². The molecule has 2 aromatic rings. The SMILES string of the molecule is COc1cc(OC)cc(-c2c(C)[c]ccc2F)c1. The Morgan fingerprint density at radius 3 is 2.17 bits per heavy atom. The minimum absolute atomic E-state index is 0.276. The van der Waals surface area contributed by atoms with Crippen molar-refractivity contribution >= 4 is 0 Å². The Hall–Kier alpha value is -2.03. The molecule has 2 nitrogen and oxygen atoms in total. The third kappa shape index (κ3) is 2.30. The van der Waals surface area contributed by atoms with E-state index >= 15 is 0 Å². The Morgan fingerprint density at radius 1 is 1.06 bits per heavy atom. The first-order chi connectivity index (χ1) is 8.65. The molecule has 0 N–H and O–H groups in total. The molecular weight excluding hydrogens is 231 g/mol. The van der Waals surface area contributed by atoms with Gasteiger partial charge in [0.05, 0.1) is 14.2 Å². The number of rotatable bonds is 3. The minimum atomic E-state index is -0.276. The number of ether oxygens (including phenoxy) is 2. The van der Waals surface area contributed by atoms with E-state index in [1.165, 1.54) is 6.07 Å². The van der Waals surface area contributed by atoms with Crippen molar-refractivity contribution in [2.24, 2.45) is 0 Å². The molecule has 3 heteroatoms. The molecule has 2 rings (SSSR count). The fourth-order valence-electron chi connectivity index (χ4n) is 1.88. The average Bonchev–Trinajstić information content (AvgIpc) is 2.38. The normalized spacial score (nSPS) is 10.2. The van der Waals surface area contributed by atoms with E-state index in [1.54, 1.807) is 38.5 Å². The van der Waals surface area contributed by atoms with Gasteiger partial charge in [-0.1, -0.05) is 6.07 Å². The van der Waals surface area contributed by atoms with Crippen LogP contribution in [0.3, 0.4) is 0 Å². The van der Waals surface area contributed by atoms with Gasteiger partial charge in [0.15, 0.2) is 0 Å². The van der Waals surface area contributed by atoms with Gasteiger partial charge in [-0.2, -0.15) is 0 Å². The van der Waals surface area contributed by atoms with E-state index in [9.17, 15) is 4.39 Å². The van der Waals surface area contributed by atoms with Crippen LogP contribution >= 0.6 is 0 Å². The van der Waals surface area contributed by atoms with Crippen molar-refractivity contribution in [2.75, 3.05) is 14.2 Å². The summed E-state index contributed by atoms with van der Waals surface area (Å²) in [5.74, 6) is 0.987. The molecule has 0 atom stereocenters. The van der Waals surface area contributed by atoms with Gasteiger partial charge in [0.1, 0.15) is 17.3 Å². The van der Waals surface area contributed by atoms with E-state index in [1.807, 2.05) is 6.92 Å². The standard InChI is InChI=1S/C15H14FO2/c1-10-5-4-6-14(16)15(10)11-7-12(17-2)9-13(8-11)18-3/h4,6-9H,1-3H3. The molecule has 0 aliphatic carbocycles. The Labute approximate surface area is 106 Å². The van der Waals surface area contributed by atoms with Crippen LogP contribution in [0, 0.1) is 18.8 Å². The summed E-state index contributed by atoms with van der Waals surface area (Å²) in [5.41, 5.74) is 2.00. The molecule has 18 heavy (non-hydrogen) atoms. The molecule has 2 aromatic carbocycles. The number of aryl methyl sites for hydroxylation is 1. The lowest BCUT2D eigenvalue weighted by Gasteiger charge is -2.11. The molecule has 1 radical (unpaired) electrons. The topological polar surface area (TPSA) is 18.5 Å². The summed E-state index contributed by atoms with van der Waals surface area (Å²) in [4.78, 5) is 0. The fraction of sp³-hybridized carbons (Fsp3) is 0.200. The van der Waals surface area contributed by atoms with Crippen molar-refractivity contribution in [3.63, 3.8) is 0 Å². The molecule has 0 saturated heterocycles. The highest BCUT2D eigenvalue weighted by molar-refractivity contribution is 5.70. The summed E-state index contributed by atoms with van der Waals surface area (Å²) in [6.07, 6.45) is 0. The van der Waals surface area contributed by atoms with Crippen molar-refractivity contribution in [3.8, 4) is 22.6 Å². The number of benzene rings is 2. The second-order valence-corrected chi connectivity index (χ2v) is 3.93. The Balaban J connectivity index is 2.63. The third-order valence-corrected chi connectivity index (χ3v) is 2.78. The number of halogens is 1. The smallest absolute Gasteiger partial charge is 0.131 e. The summed E-state index contributed by atoms with van der Waals surface area (Å²) in [6, 6.07) is 11.3. The molecule has 0 aliphatic heterocycles. The predicted molar refractivity (Wildman–Crippen MR) is 68.5 cm³/mol. The molecule has 0 spiro atoms. The number of hydrogen-bond donors (Lipinski definition) is 0. The van der Waals surface area contributed by atoms with Crippen molar-refractivity contribution in [1.29, 1.82) is 0 Å². The quantitative estimate of drug-likeness (QED) is 0.822. The highest BCUT2D eigenvalue weighted by Gasteiger charge is 2.11. The van der Waals surface area contributed by atoms with Gasteiger partial charge in [-0.25, -0.2) is 4.39 Å². The minimum Gasteiger partial charge on any atom is -0.497 e. The lowest BCUT2D eigenvalue weighted by Crippen LogP contribution is -1.92. The van der Waals surface area contributed by atoms with Crippen molar-refractivity contribution in [1.82, 2.24) is 0 Å². The second-order valence-electron chi connectivity index (χ2n) is 3.93. The van der Waals surface area contributed by atoms with Crippen LogP contribution in [0.5, 0.6) is 11.5 Å². The fourth-order valence-corrected chi connectivity index (χ4v) is 1.88. The molecule has 0 bridgehead atoms. The zero-order valence-corrected chi connectivity index (χ0v) is 10.6. The van der Waals surface area contributed by atoms with Crippen LogP contribution in [-0.4, -0.2) is 14.2 Å². The van der Waals surface area contributed by atoms with Crippen LogP contribution < -0.4 is 9.47 Å². The van der Waals surface area contributed by atoms with Gasteiger partial charge in [0.2, 0.25) is 0 Å². The van der Waals surface area contributed by atoms with E-state index < -0.39 is 0 Å². The van der Waals surface area contributed by atoms with Crippen LogP contribution in [0.4, 0.5) is 4.39 Å². The highest BCUT2D eigenvalue weighted by Crippen LogP contribution is 2.32. The van der Waals surface area contributed by atoms with Gasteiger partial charge in [0, 0.05) is 11.6 Å². The van der Waals surface area contributed by atoms with Crippen molar-refractivity contribution in [2.45, 2.75) is 6.92 Å². The lowest BCUT2D eigenvalue weighted by molar-refractivity contribution is 0.394. The Morgan fingerprint density at radius 2 is 1.67 bits per heavy atom. The largest absolute Gasteiger partial charge is 0.497 e. The first-order valence-corrected chi connectivity index (χ1v) is 5.56. The first kappa shape index (κ1) is 12.4. The predicted octanol–water partition coefficient (Wildman–Crippen LogP) is 3.62. The van der Waals surface area contributed by atoms with Crippen LogP contribution in [0.1, 0.15) is 5.56 Å². The first-order valence-electron chi connectivity index (χ1n) is 5.56. The summed E-state index contributed by atoms with van der Waals surface area (Å²) in [7, 11) is 3.14. The van der Waals surface area contributed by atoms with E-state index in [-0.39, 0.29) is 5.82 Å². The Bertz CT molecular complexity index is 522. The van der Waals surface area contributed by atoms with Gasteiger partial charge in [-0.15, -0.1) is 0 Å². The summed E-state index contributed by atoms with van der Waals surface area (Å²) >= 11 is 0. The van der Waals surface area contributed by atoms with Crippen LogP contribution in [-0.2, 0) is 0 Å². The van der Waals surface area contributed by atoms with Gasteiger partial charge >= 0.3 is 0 Å². The monoisotopic (exact) mass is 245 g/mol. The molecular formula is C15H14FO2. The van der Waals surface area contributed by atoms with Crippen LogP contribution in [0.2, 0.25) is 0 Å². The third-order valence-electron chi connectivity index (χ3n) is 2.78. The molecule has 0 aromatic heterocycles. The van der Waals surface area contributed by atoms with Gasteiger partial charge in [0.25, 0.3) is 0 Å². The maximum absolute atomic E-state index is 13.9. The number of hydrogen-bond acceptors (Lipinski definition) is 2. The summed E-state index contributed by atoms with van der Waals surface area (Å²) in [6.45, 7) is 1.82. The van der Waals surface area contributed by atoms with Gasteiger partial charge < -0.3 is 9.47 Å². The molecule has 0 fully saturated rings. The Kier molecular flexibility index (Phi) is 3.51. The van der Waals surface area contributed by atoms with E-state index in [0.29, 0.717) is 17.1 Å². The van der Waals surface area contributed by atoms with Crippen LogP contribution in [0.25, 0.3) is 11.1 Å². The molecule has 0 saturated carbocycles. The van der Waals surface area contributed by atoms with E-state index in [0.717, 1.165) is 11.1 Å². The maximum Gasteiger partial charge on any atom is 0.131 e. The van der Waals surface area contributed by atoms with Gasteiger partial charge in [-0.3, -0.25) is 0 Å². The molecule has 0 unspecified atom stereocenters. The second kappa shape index (κ2) is 5.08. The lowest BCUT2D eigenvalue weighted by atomic mass is 9.99. The zero-order valence-electron chi connectivity index (χ0n) is 10.6. The van der Waals surface area contributed by atoms with E-state index in [2.05, 4.69) is 6.07 Å². The molecule has 93 valence electrons. The molecule has 0 amide bonds. The maximum atomic E-state index is 13.9. The highest BCUT2D eigenvalue weighted by atomic mass is 19.1. The molecule has 0 heterocycles. The van der Waals surface area contributed by atoms with Crippen molar-refractivity contribution < 1.29 is 13.9 Å². The van der Waals surface area contributed by atoms with Gasteiger partial charge in [-0.05, 0) is 42.3 Å². The summed E-state index contributed by atoms with van der Waals surface area (Å²) < 4.78 is 24.3. The average molecular weight is 245 g/mol. The number of methoxy groups -OCH3 is 2. The van der Waals surface area contributed by atoms with E-state index in [4.69, 9.17) is 9.47 Å². The zero-order chi connectivity index (χ0) is 13.1.